The fourth-order valence-electron chi connectivity index (χ4n) is 3.12. The van der Waals surface area contributed by atoms with Gasteiger partial charge in [0.05, 0.1) is 18.8 Å². The van der Waals surface area contributed by atoms with E-state index >= 15 is 0 Å². The molecule has 1 aromatic carbocycles. The van der Waals surface area contributed by atoms with Gasteiger partial charge in [-0.2, -0.15) is 0 Å². The van der Waals surface area contributed by atoms with Crippen molar-refractivity contribution in [3.05, 3.63) is 35.9 Å². The van der Waals surface area contributed by atoms with Crippen molar-refractivity contribution in [3.63, 3.8) is 0 Å². The Kier molecular flexibility index (Phi) is 6.02. The number of ether oxygens (including phenoxy) is 1. The molecule has 1 saturated carbocycles. The first-order valence-electron chi connectivity index (χ1n) is 7.82. The molecular formula is C17H27NO2. The zero-order chi connectivity index (χ0) is 14.4. The summed E-state index contributed by atoms with van der Waals surface area (Å²) in [6.45, 7) is 6.97. The molecule has 3 atom stereocenters. The number of aliphatic hydroxyl groups is 1. The van der Waals surface area contributed by atoms with Crippen molar-refractivity contribution in [3.8, 4) is 0 Å². The van der Waals surface area contributed by atoms with Crippen LogP contribution in [0.3, 0.4) is 0 Å². The van der Waals surface area contributed by atoms with Gasteiger partial charge in [0.25, 0.3) is 0 Å². The van der Waals surface area contributed by atoms with Crippen LogP contribution in [-0.2, 0) is 11.3 Å². The lowest BCUT2D eigenvalue weighted by atomic mass is 9.89. The number of aliphatic hydroxyl groups excluding tert-OH is 1. The van der Waals surface area contributed by atoms with E-state index < -0.39 is 0 Å². The zero-order valence-electron chi connectivity index (χ0n) is 12.7. The van der Waals surface area contributed by atoms with Gasteiger partial charge in [-0.05, 0) is 37.9 Å². The number of hydrogen-bond acceptors (Lipinski definition) is 3. The number of rotatable bonds is 6. The standard InChI is InChI=1S/C17H27NO2/c1-3-18(4-2)16-12-15(10-11-17(16)19)20-13-14-8-6-5-7-9-14/h5-9,15-17,19H,3-4,10-13H2,1-2H3/t15-,16+,17+/m1/s1. The van der Waals surface area contributed by atoms with Gasteiger partial charge in [-0.1, -0.05) is 44.2 Å². The second-order valence-corrected chi connectivity index (χ2v) is 5.59. The maximum absolute atomic E-state index is 10.2. The number of hydrogen-bond donors (Lipinski definition) is 1. The molecule has 1 N–H and O–H groups in total. The minimum atomic E-state index is -0.202. The molecule has 0 radical (unpaired) electrons. The number of benzene rings is 1. The van der Waals surface area contributed by atoms with E-state index in [0.717, 1.165) is 32.4 Å². The first-order valence-corrected chi connectivity index (χ1v) is 7.82. The average Bonchev–Trinajstić information content (AvgIpc) is 2.50. The molecule has 1 aliphatic carbocycles. The smallest absolute Gasteiger partial charge is 0.0720 e. The molecule has 112 valence electrons. The summed E-state index contributed by atoms with van der Waals surface area (Å²) >= 11 is 0. The molecule has 1 fully saturated rings. The normalized spacial score (nSPS) is 26.9. The van der Waals surface area contributed by atoms with E-state index in [1.807, 2.05) is 18.2 Å². The van der Waals surface area contributed by atoms with Crippen molar-refractivity contribution < 1.29 is 9.84 Å². The minimum absolute atomic E-state index is 0.202. The molecule has 2 rings (SSSR count). The third kappa shape index (κ3) is 4.05. The lowest BCUT2D eigenvalue weighted by Crippen LogP contribution is -2.48. The maximum atomic E-state index is 10.2. The van der Waals surface area contributed by atoms with Gasteiger partial charge in [-0.25, -0.2) is 0 Å². The lowest BCUT2D eigenvalue weighted by molar-refractivity contribution is -0.0565. The van der Waals surface area contributed by atoms with Crippen molar-refractivity contribution in [2.75, 3.05) is 13.1 Å². The van der Waals surface area contributed by atoms with Crippen LogP contribution < -0.4 is 0 Å². The first-order chi connectivity index (χ1) is 9.74. The molecule has 0 spiro atoms. The van der Waals surface area contributed by atoms with Crippen LogP contribution in [-0.4, -0.2) is 41.3 Å². The van der Waals surface area contributed by atoms with Crippen LogP contribution in [0.1, 0.15) is 38.7 Å². The van der Waals surface area contributed by atoms with Gasteiger partial charge in [0.2, 0.25) is 0 Å². The molecule has 20 heavy (non-hydrogen) atoms. The van der Waals surface area contributed by atoms with Gasteiger partial charge in [0, 0.05) is 6.04 Å². The van der Waals surface area contributed by atoms with Crippen molar-refractivity contribution in [2.45, 2.75) is 58.0 Å². The molecule has 3 heteroatoms. The Hall–Kier alpha value is -0.900. The van der Waals surface area contributed by atoms with Gasteiger partial charge in [-0.3, -0.25) is 4.90 Å². The average molecular weight is 277 g/mol. The van der Waals surface area contributed by atoms with Crippen LogP contribution >= 0.6 is 0 Å². The van der Waals surface area contributed by atoms with Gasteiger partial charge >= 0.3 is 0 Å². The molecule has 0 aliphatic heterocycles. The minimum Gasteiger partial charge on any atom is -0.391 e. The Bertz CT molecular complexity index is 378. The fourth-order valence-corrected chi connectivity index (χ4v) is 3.12. The van der Waals surface area contributed by atoms with E-state index in [1.165, 1.54) is 5.56 Å². The van der Waals surface area contributed by atoms with Gasteiger partial charge in [0.1, 0.15) is 0 Å². The Morgan fingerprint density at radius 3 is 2.50 bits per heavy atom. The van der Waals surface area contributed by atoms with Crippen molar-refractivity contribution >= 4 is 0 Å². The SMILES string of the molecule is CCN(CC)[C@H]1C[C@H](OCc2ccccc2)CC[C@@H]1O. The second-order valence-electron chi connectivity index (χ2n) is 5.59. The van der Waals surface area contributed by atoms with Gasteiger partial charge in [0.15, 0.2) is 0 Å². The number of likely N-dealkylation sites (N-methyl/N-ethyl adjacent to an activating group) is 1. The fraction of sp³-hybridized carbons (Fsp3) is 0.647. The first kappa shape index (κ1) is 15.5. The predicted octanol–water partition coefficient (Wildman–Crippen LogP) is 2.83. The third-order valence-corrected chi connectivity index (χ3v) is 4.34. The summed E-state index contributed by atoms with van der Waals surface area (Å²) in [6.07, 6.45) is 2.82. The highest BCUT2D eigenvalue weighted by Gasteiger charge is 2.32. The van der Waals surface area contributed by atoms with Crippen LogP contribution in [0.5, 0.6) is 0 Å². The summed E-state index contributed by atoms with van der Waals surface area (Å²) in [4.78, 5) is 2.35. The topological polar surface area (TPSA) is 32.7 Å². The molecule has 0 aromatic heterocycles. The molecule has 0 saturated heterocycles. The molecule has 0 amide bonds. The van der Waals surface area contributed by atoms with E-state index in [1.54, 1.807) is 0 Å². The summed E-state index contributed by atoms with van der Waals surface area (Å²) in [5, 5.41) is 10.2. The highest BCUT2D eigenvalue weighted by atomic mass is 16.5. The van der Waals surface area contributed by atoms with Gasteiger partial charge < -0.3 is 9.84 Å². The van der Waals surface area contributed by atoms with E-state index in [9.17, 15) is 5.11 Å². The predicted molar refractivity (Wildman–Crippen MR) is 81.6 cm³/mol. The largest absolute Gasteiger partial charge is 0.391 e. The van der Waals surface area contributed by atoms with Crippen molar-refractivity contribution in [1.29, 1.82) is 0 Å². The summed E-state index contributed by atoms with van der Waals surface area (Å²) in [6, 6.07) is 10.6. The van der Waals surface area contributed by atoms with E-state index in [4.69, 9.17) is 4.74 Å². The molecule has 0 bridgehead atoms. The monoisotopic (exact) mass is 277 g/mol. The van der Waals surface area contributed by atoms with Crippen LogP contribution in [0.4, 0.5) is 0 Å². The molecule has 1 aliphatic rings. The molecule has 0 heterocycles. The van der Waals surface area contributed by atoms with E-state index in [2.05, 4.69) is 30.9 Å². The maximum Gasteiger partial charge on any atom is 0.0720 e. The Morgan fingerprint density at radius 1 is 1.15 bits per heavy atom. The van der Waals surface area contributed by atoms with Crippen LogP contribution in [0.15, 0.2) is 30.3 Å². The molecule has 1 aromatic rings. The van der Waals surface area contributed by atoms with E-state index in [-0.39, 0.29) is 18.2 Å². The Labute approximate surface area is 122 Å². The van der Waals surface area contributed by atoms with Gasteiger partial charge in [-0.15, -0.1) is 0 Å². The summed E-state index contributed by atoms with van der Waals surface area (Å²) in [7, 11) is 0. The Balaban J connectivity index is 1.87. The Morgan fingerprint density at radius 2 is 1.85 bits per heavy atom. The molecule has 0 unspecified atom stereocenters. The van der Waals surface area contributed by atoms with E-state index in [0.29, 0.717) is 6.61 Å². The summed E-state index contributed by atoms with van der Waals surface area (Å²) in [5.41, 5.74) is 1.22. The molecular weight excluding hydrogens is 250 g/mol. The third-order valence-electron chi connectivity index (χ3n) is 4.34. The van der Waals surface area contributed by atoms with Crippen LogP contribution in [0, 0.1) is 0 Å². The summed E-state index contributed by atoms with van der Waals surface area (Å²) in [5.74, 6) is 0. The highest BCUT2D eigenvalue weighted by molar-refractivity contribution is 5.13. The lowest BCUT2D eigenvalue weighted by Gasteiger charge is -2.39. The number of nitrogens with zero attached hydrogens (tertiary/aromatic N) is 1. The zero-order valence-corrected chi connectivity index (χ0v) is 12.7. The van der Waals surface area contributed by atoms with Crippen molar-refractivity contribution in [1.82, 2.24) is 4.90 Å². The highest BCUT2D eigenvalue weighted by Crippen LogP contribution is 2.26. The summed E-state index contributed by atoms with van der Waals surface area (Å²) < 4.78 is 6.05. The van der Waals surface area contributed by atoms with Crippen molar-refractivity contribution in [2.24, 2.45) is 0 Å². The van der Waals surface area contributed by atoms with Crippen LogP contribution in [0.2, 0.25) is 0 Å². The quantitative estimate of drug-likeness (QED) is 0.868. The second kappa shape index (κ2) is 7.77. The van der Waals surface area contributed by atoms with Crippen LogP contribution in [0.25, 0.3) is 0 Å². The molecule has 3 nitrogen and oxygen atoms in total.